The lowest BCUT2D eigenvalue weighted by molar-refractivity contribution is 0.100. The number of carbonyl (C=O) groups excluding carboxylic acids is 1. The number of rotatable bonds is 6. The van der Waals surface area contributed by atoms with E-state index < -0.39 is 13.1 Å². The molecule has 0 bridgehead atoms. The van der Waals surface area contributed by atoms with Crippen LogP contribution in [0, 0.1) is 3.57 Å². The number of carbonyl (C=O) groups is 1. The highest BCUT2D eigenvalue weighted by molar-refractivity contribution is 14.1. The van der Waals surface area contributed by atoms with Crippen molar-refractivity contribution in [2.75, 3.05) is 13.2 Å². The van der Waals surface area contributed by atoms with Gasteiger partial charge in [-0.15, -0.1) is 0 Å². The minimum Gasteiger partial charge on any atom is -0.303 e. The summed E-state index contributed by atoms with van der Waals surface area (Å²) in [5, 5.41) is 0. The van der Waals surface area contributed by atoms with E-state index >= 15 is 0 Å². The zero-order chi connectivity index (χ0) is 12.9. The van der Waals surface area contributed by atoms with Gasteiger partial charge in [0.15, 0.2) is 0 Å². The van der Waals surface area contributed by atoms with E-state index in [1.165, 1.54) is 0 Å². The van der Waals surface area contributed by atoms with Crippen LogP contribution in [0.4, 0.5) is 0 Å². The topological polar surface area (TPSA) is 52.6 Å². The van der Waals surface area contributed by atoms with Gasteiger partial charge < -0.3 is 9.05 Å². The zero-order valence-corrected chi connectivity index (χ0v) is 12.7. The first-order valence-electron chi connectivity index (χ1n) is 5.23. The molecule has 1 rings (SSSR count). The minimum atomic E-state index is -3.69. The van der Waals surface area contributed by atoms with E-state index in [-0.39, 0.29) is 13.2 Å². The van der Waals surface area contributed by atoms with E-state index in [1.54, 1.807) is 32.0 Å². The fourth-order valence-corrected chi connectivity index (χ4v) is 3.26. The smallest absolute Gasteiger partial charge is 0.303 e. The highest BCUT2D eigenvalue weighted by Crippen LogP contribution is 2.51. The Morgan fingerprint density at radius 1 is 1.29 bits per heavy atom. The predicted octanol–water partition coefficient (Wildman–Crippen LogP) is 3.70. The number of halogens is 1. The third-order valence-electron chi connectivity index (χ3n) is 1.92. The Morgan fingerprint density at radius 2 is 1.88 bits per heavy atom. The molecule has 0 heterocycles. The van der Waals surface area contributed by atoms with E-state index in [9.17, 15) is 9.36 Å². The maximum absolute atomic E-state index is 12.2. The van der Waals surface area contributed by atoms with Crippen molar-refractivity contribution in [1.82, 2.24) is 0 Å². The molecule has 0 radical (unpaired) electrons. The lowest BCUT2D eigenvalue weighted by atomic mass is 10.2. The fourth-order valence-electron chi connectivity index (χ4n) is 1.27. The Morgan fingerprint density at radius 3 is 2.35 bits per heavy atom. The second kappa shape index (κ2) is 6.64. The number of hydrogen-bond donors (Lipinski definition) is 0. The van der Waals surface area contributed by atoms with Gasteiger partial charge in [-0.2, -0.15) is 0 Å². The van der Waals surface area contributed by atoms with Crippen molar-refractivity contribution >= 4 is 35.7 Å². The van der Waals surface area contributed by atoms with Crippen LogP contribution in [-0.4, -0.2) is 18.7 Å². The van der Waals surface area contributed by atoms with Crippen molar-refractivity contribution < 1.29 is 18.4 Å². The highest BCUT2D eigenvalue weighted by atomic mass is 127. The molecule has 0 aliphatic rings. The molecule has 0 aromatic heterocycles. The van der Waals surface area contributed by atoms with Crippen molar-refractivity contribution in [2.24, 2.45) is 0 Å². The summed E-state index contributed by atoms with van der Waals surface area (Å²) in [6.07, 6.45) is 0. The molecule has 0 fully saturated rings. The van der Waals surface area contributed by atoms with Crippen LogP contribution in [0.2, 0.25) is 0 Å². The molecule has 0 spiro atoms. The van der Waals surface area contributed by atoms with E-state index in [4.69, 9.17) is 9.05 Å². The molecule has 94 valence electrons. The van der Waals surface area contributed by atoms with Gasteiger partial charge in [0.1, 0.15) is 0 Å². The van der Waals surface area contributed by atoms with Gasteiger partial charge in [-0.25, -0.2) is 0 Å². The first kappa shape index (κ1) is 14.8. The summed E-state index contributed by atoms with van der Waals surface area (Å²) in [5.74, 6) is 0. The molecule has 0 atom stereocenters. The molecule has 0 aliphatic carbocycles. The molecule has 0 saturated carbocycles. The molecule has 6 heteroatoms. The van der Waals surface area contributed by atoms with E-state index in [0.29, 0.717) is 5.56 Å². The maximum atomic E-state index is 12.2. The fraction of sp³-hybridized carbons (Fsp3) is 0.364. The summed E-state index contributed by atoms with van der Waals surface area (Å²) < 4.78 is 23.1. The van der Waals surface area contributed by atoms with Gasteiger partial charge in [0.2, 0.25) is 0 Å². The molecule has 1 aromatic carbocycles. The van der Waals surface area contributed by atoms with Crippen LogP contribution in [0.25, 0.3) is 0 Å². The Balaban J connectivity index is 3.04. The number of benzene rings is 1. The molecule has 17 heavy (non-hydrogen) atoms. The van der Waals surface area contributed by atoms with Gasteiger partial charge in [0.05, 0.1) is 13.2 Å². The second-order valence-corrected chi connectivity index (χ2v) is 6.31. The lowest BCUT2D eigenvalue weighted by Gasteiger charge is -2.15. The van der Waals surface area contributed by atoms with E-state index in [0.717, 1.165) is 3.57 Å². The Bertz CT molecular complexity index is 437. The predicted molar refractivity (Wildman–Crippen MR) is 74.3 cm³/mol. The van der Waals surface area contributed by atoms with Gasteiger partial charge in [-0.1, -0.05) is 12.1 Å². The van der Waals surface area contributed by atoms with Crippen molar-refractivity contribution in [2.45, 2.75) is 13.8 Å². The van der Waals surface area contributed by atoms with Gasteiger partial charge in [-0.05, 0) is 48.6 Å². The van der Waals surface area contributed by atoms with Crippen LogP contribution in [0.5, 0.6) is 0 Å². The SMILES string of the molecule is CCOP(=O)(OCC)C(=O)c1cccc(I)c1. The summed E-state index contributed by atoms with van der Waals surface area (Å²) >= 11 is 2.09. The van der Waals surface area contributed by atoms with Crippen LogP contribution >= 0.6 is 30.2 Å². The lowest BCUT2D eigenvalue weighted by Crippen LogP contribution is -2.07. The Hall–Kier alpha value is -0.230. The standard InChI is InChI=1S/C11H14IO4P/c1-3-15-17(14,16-4-2)11(13)9-6-5-7-10(12)8-9/h5-8H,3-4H2,1-2H3. The van der Waals surface area contributed by atoms with Gasteiger partial charge in [-0.3, -0.25) is 9.36 Å². The van der Waals surface area contributed by atoms with Crippen molar-refractivity contribution in [1.29, 1.82) is 0 Å². The van der Waals surface area contributed by atoms with Crippen LogP contribution in [0.15, 0.2) is 24.3 Å². The molecular weight excluding hydrogens is 354 g/mol. The summed E-state index contributed by atoms with van der Waals surface area (Å²) in [6, 6.07) is 6.85. The third kappa shape index (κ3) is 3.88. The molecule has 0 aliphatic heterocycles. The summed E-state index contributed by atoms with van der Waals surface area (Å²) in [7, 11) is -3.69. The highest BCUT2D eigenvalue weighted by Gasteiger charge is 2.35. The monoisotopic (exact) mass is 368 g/mol. The van der Waals surface area contributed by atoms with Crippen molar-refractivity contribution in [3.63, 3.8) is 0 Å². The summed E-state index contributed by atoms with van der Waals surface area (Å²) in [6.45, 7) is 3.70. The molecule has 4 nitrogen and oxygen atoms in total. The largest absolute Gasteiger partial charge is 0.401 e. The van der Waals surface area contributed by atoms with Crippen LogP contribution < -0.4 is 0 Å². The summed E-state index contributed by atoms with van der Waals surface area (Å²) in [4.78, 5) is 12.1. The van der Waals surface area contributed by atoms with Crippen molar-refractivity contribution in [3.8, 4) is 0 Å². The Labute approximate surface area is 114 Å². The molecule has 1 aromatic rings. The quantitative estimate of drug-likeness (QED) is 0.568. The molecular formula is C11H14IO4P. The molecule has 0 amide bonds. The Kier molecular flexibility index (Phi) is 5.79. The first-order valence-corrected chi connectivity index (χ1v) is 7.85. The van der Waals surface area contributed by atoms with Crippen molar-refractivity contribution in [3.05, 3.63) is 33.4 Å². The van der Waals surface area contributed by atoms with E-state index in [1.807, 2.05) is 6.07 Å². The molecule has 0 N–H and O–H groups in total. The average Bonchev–Trinajstić information content (AvgIpc) is 2.28. The van der Waals surface area contributed by atoms with Gasteiger partial charge >= 0.3 is 7.60 Å². The summed E-state index contributed by atoms with van der Waals surface area (Å²) in [5.41, 5.74) is -0.234. The molecule has 0 saturated heterocycles. The van der Waals surface area contributed by atoms with Crippen LogP contribution in [-0.2, 0) is 13.6 Å². The normalized spacial score (nSPS) is 11.5. The van der Waals surface area contributed by atoms with E-state index in [2.05, 4.69) is 22.6 Å². The third-order valence-corrected chi connectivity index (χ3v) is 4.54. The van der Waals surface area contributed by atoms with Gasteiger partial charge in [0.25, 0.3) is 5.52 Å². The van der Waals surface area contributed by atoms with Crippen LogP contribution in [0.1, 0.15) is 24.2 Å². The van der Waals surface area contributed by atoms with Gasteiger partial charge in [0, 0.05) is 9.13 Å². The molecule has 0 unspecified atom stereocenters. The number of hydrogen-bond acceptors (Lipinski definition) is 4. The second-order valence-electron chi connectivity index (χ2n) is 3.15. The minimum absolute atomic E-state index is 0.174. The first-order chi connectivity index (χ1) is 8.03. The average molecular weight is 368 g/mol. The van der Waals surface area contributed by atoms with Crippen LogP contribution in [0.3, 0.4) is 0 Å². The zero-order valence-electron chi connectivity index (χ0n) is 9.68. The maximum Gasteiger partial charge on any atom is 0.401 e.